The number of nitrogens with one attached hydrogen (secondary N) is 2. The number of ether oxygens (including phenoxy) is 2. The molecule has 1 saturated carbocycles. The third kappa shape index (κ3) is 7.45. The number of carbonyl (C=O) groups excluding carboxylic acids is 1. The molecule has 0 spiro atoms. The van der Waals surface area contributed by atoms with E-state index in [1.165, 1.54) is 19.3 Å². The topological polar surface area (TPSA) is 75.2 Å². The first-order valence-corrected chi connectivity index (χ1v) is 11.7. The molecule has 3 rings (SSSR count). The highest BCUT2D eigenvalue weighted by molar-refractivity contribution is 5.81. The van der Waals surface area contributed by atoms with Crippen molar-refractivity contribution in [2.75, 3.05) is 53.1 Å². The Morgan fingerprint density at radius 2 is 1.93 bits per heavy atom. The molecule has 0 radical (unpaired) electrons. The minimum Gasteiger partial charge on any atom is -0.381 e. The third-order valence-electron chi connectivity index (χ3n) is 6.47. The zero-order valence-corrected chi connectivity index (χ0v) is 18.2. The molecule has 2 heterocycles. The number of guanidine groups is 1. The maximum atomic E-state index is 12.7. The molecule has 1 amide bonds. The fourth-order valence-corrected chi connectivity index (χ4v) is 4.62. The SMILES string of the molecule is CN=C(NCCCOCC1CCOCC1)NC1CCN(C(=O)C2CCCCC2)C1. The molecule has 166 valence electrons. The normalized spacial score (nSPS) is 24.7. The van der Waals surface area contributed by atoms with Crippen molar-refractivity contribution in [2.24, 2.45) is 16.8 Å². The number of hydrogen-bond acceptors (Lipinski definition) is 4. The molecule has 2 saturated heterocycles. The molecular formula is C22H40N4O3. The van der Waals surface area contributed by atoms with E-state index < -0.39 is 0 Å². The Kier molecular flexibility index (Phi) is 9.54. The zero-order valence-electron chi connectivity index (χ0n) is 18.2. The number of nitrogens with zero attached hydrogens (tertiary/aromatic N) is 2. The number of likely N-dealkylation sites (tertiary alicyclic amines) is 1. The van der Waals surface area contributed by atoms with Gasteiger partial charge in [0.15, 0.2) is 5.96 Å². The second kappa shape index (κ2) is 12.4. The molecule has 7 nitrogen and oxygen atoms in total. The van der Waals surface area contributed by atoms with Crippen molar-refractivity contribution < 1.29 is 14.3 Å². The molecule has 29 heavy (non-hydrogen) atoms. The molecule has 0 bridgehead atoms. The van der Waals surface area contributed by atoms with Crippen LogP contribution in [-0.2, 0) is 14.3 Å². The smallest absolute Gasteiger partial charge is 0.225 e. The molecule has 2 N–H and O–H groups in total. The van der Waals surface area contributed by atoms with Gasteiger partial charge in [-0.25, -0.2) is 0 Å². The van der Waals surface area contributed by atoms with Gasteiger partial charge >= 0.3 is 0 Å². The number of rotatable bonds is 8. The van der Waals surface area contributed by atoms with Crippen molar-refractivity contribution in [3.8, 4) is 0 Å². The second-order valence-electron chi connectivity index (χ2n) is 8.73. The summed E-state index contributed by atoms with van der Waals surface area (Å²) in [6.07, 6.45) is 10.1. The summed E-state index contributed by atoms with van der Waals surface area (Å²) in [6.45, 7) is 5.88. The van der Waals surface area contributed by atoms with Crippen molar-refractivity contribution in [3.63, 3.8) is 0 Å². The van der Waals surface area contributed by atoms with Crippen LogP contribution in [0.25, 0.3) is 0 Å². The van der Waals surface area contributed by atoms with Crippen LogP contribution < -0.4 is 10.6 Å². The van der Waals surface area contributed by atoms with Gasteiger partial charge < -0.3 is 25.0 Å². The molecule has 1 atom stereocenters. The number of hydrogen-bond donors (Lipinski definition) is 2. The van der Waals surface area contributed by atoms with Crippen LogP contribution in [0.2, 0.25) is 0 Å². The van der Waals surface area contributed by atoms with Crippen LogP contribution in [0.4, 0.5) is 0 Å². The molecule has 1 aliphatic carbocycles. The van der Waals surface area contributed by atoms with Gasteiger partial charge in [-0.2, -0.15) is 0 Å². The first-order chi connectivity index (χ1) is 14.3. The van der Waals surface area contributed by atoms with E-state index in [-0.39, 0.29) is 5.92 Å². The molecule has 0 aromatic rings. The van der Waals surface area contributed by atoms with Gasteiger partial charge in [0.05, 0.1) is 0 Å². The maximum absolute atomic E-state index is 12.7. The highest BCUT2D eigenvalue weighted by Crippen LogP contribution is 2.26. The average Bonchev–Trinajstić information content (AvgIpc) is 3.24. The maximum Gasteiger partial charge on any atom is 0.225 e. The molecule has 3 aliphatic rings. The highest BCUT2D eigenvalue weighted by Gasteiger charge is 2.31. The molecule has 2 aliphatic heterocycles. The van der Waals surface area contributed by atoms with Gasteiger partial charge in [0.1, 0.15) is 0 Å². The molecule has 0 aromatic carbocycles. The summed E-state index contributed by atoms with van der Waals surface area (Å²) < 4.78 is 11.2. The Morgan fingerprint density at radius 1 is 1.14 bits per heavy atom. The van der Waals surface area contributed by atoms with Gasteiger partial charge in [0.2, 0.25) is 5.91 Å². The first kappa shape index (κ1) is 22.3. The minimum absolute atomic E-state index is 0.265. The zero-order chi connectivity index (χ0) is 20.3. The Bertz CT molecular complexity index is 516. The third-order valence-corrected chi connectivity index (χ3v) is 6.47. The van der Waals surface area contributed by atoms with Crippen LogP contribution in [0.1, 0.15) is 57.8 Å². The van der Waals surface area contributed by atoms with Crippen LogP contribution >= 0.6 is 0 Å². The Labute approximate surface area is 176 Å². The van der Waals surface area contributed by atoms with Crippen LogP contribution in [-0.4, -0.2) is 75.9 Å². The largest absolute Gasteiger partial charge is 0.381 e. The van der Waals surface area contributed by atoms with Crippen LogP contribution in [0.15, 0.2) is 4.99 Å². The Balaban J connectivity index is 1.26. The van der Waals surface area contributed by atoms with Gasteiger partial charge in [0, 0.05) is 65.1 Å². The average molecular weight is 409 g/mol. The lowest BCUT2D eigenvalue weighted by Crippen LogP contribution is -2.45. The van der Waals surface area contributed by atoms with E-state index >= 15 is 0 Å². The van der Waals surface area contributed by atoms with E-state index in [1.54, 1.807) is 7.05 Å². The summed E-state index contributed by atoms with van der Waals surface area (Å²) in [5.74, 6) is 2.12. The summed E-state index contributed by atoms with van der Waals surface area (Å²) in [5.41, 5.74) is 0. The van der Waals surface area contributed by atoms with Crippen molar-refractivity contribution in [1.29, 1.82) is 0 Å². The minimum atomic E-state index is 0.265. The summed E-state index contributed by atoms with van der Waals surface area (Å²) in [5, 5.41) is 6.86. The van der Waals surface area contributed by atoms with E-state index in [0.29, 0.717) is 17.9 Å². The molecule has 7 heteroatoms. The second-order valence-corrected chi connectivity index (χ2v) is 8.73. The lowest BCUT2D eigenvalue weighted by molar-refractivity contribution is -0.135. The van der Waals surface area contributed by atoms with E-state index in [4.69, 9.17) is 9.47 Å². The van der Waals surface area contributed by atoms with Crippen molar-refractivity contribution in [2.45, 2.75) is 63.8 Å². The summed E-state index contributed by atoms with van der Waals surface area (Å²) in [4.78, 5) is 19.1. The molecular weight excluding hydrogens is 368 g/mol. The van der Waals surface area contributed by atoms with Gasteiger partial charge in [-0.3, -0.25) is 9.79 Å². The van der Waals surface area contributed by atoms with Crippen molar-refractivity contribution >= 4 is 11.9 Å². The van der Waals surface area contributed by atoms with Gasteiger partial charge in [-0.1, -0.05) is 19.3 Å². The van der Waals surface area contributed by atoms with Crippen LogP contribution in [0, 0.1) is 11.8 Å². The number of carbonyl (C=O) groups is 1. The summed E-state index contributed by atoms with van der Waals surface area (Å²) >= 11 is 0. The van der Waals surface area contributed by atoms with E-state index in [9.17, 15) is 4.79 Å². The molecule has 3 fully saturated rings. The fourth-order valence-electron chi connectivity index (χ4n) is 4.62. The first-order valence-electron chi connectivity index (χ1n) is 11.7. The van der Waals surface area contributed by atoms with E-state index in [1.807, 2.05) is 0 Å². The van der Waals surface area contributed by atoms with E-state index in [2.05, 4.69) is 20.5 Å². The van der Waals surface area contributed by atoms with Crippen molar-refractivity contribution in [3.05, 3.63) is 0 Å². The van der Waals surface area contributed by atoms with Crippen LogP contribution in [0.3, 0.4) is 0 Å². The van der Waals surface area contributed by atoms with Gasteiger partial charge in [-0.15, -0.1) is 0 Å². The number of amides is 1. The predicted molar refractivity (Wildman–Crippen MR) is 115 cm³/mol. The quantitative estimate of drug-likeness (QED) is 0.366. The highest BCUT2D eigenvalue weighted by atomic mass is 16.5. The standard InChI is InChI=1S/C22H40N4O3/c1-23-22(24-11-5-13-29-17-18-9-14-28-15-10-18)25-20-8-12-26(16-20)21(27)19-6-3-2-4-7-19/h18-20H,2-17H2,1H3,(H2,23,24,25). The van der Waals surface area contributed by atoms with E-state index in [0.717, 1.165) is 90.5 Å². The lowest BCUT2D eigenvalue weighted by Gasteiger charge is -2.26. The summed E-state index contributed by atoms with van der Waals surface area (Å²) in [6, 6.07) is 0.290. The van der Waals surface area contributed by atoms with Gasteiger partial charge in [-0.05, 0) is 44.4 Å². The fraction of sp³-hybridized carbons (Fsp3) is 0.909. The van der Waals surface area contributed by atoms with Crippen molar-refractivity contribution in [1.82, 2.24) is 15.5 Å². The Morgan fingerprint density at radius 3 is 2.69 bits per heavy atom. The predicted octanol–water partition coefficient (Wildman–Crippen LogP) is 2.17. The van der Waals surface area contributed by atoms with Crippen LogP contribution in [0.5, 0.6) is 0 Å². The molecule has 1 unspecified atom stereocenters. The number of aliphatic imine (C=N–C) groups is 1. The monoisotopic (exact) mass is 408 g/mol. The Hall–Kier alpha value is -1.34. The molecule has 0 aromatic heterocycles. The lowest BCUT2D eigenvalue weighted by atomic mass is 9.88. The van der Waals surface area contributed by atoms with Gasteiger partial charge in [0.25, 0.3) is 0 Å². The summed E-state index contributed by atoms with van der Waals surface area (Å²) in [7, 11) is 1.80.